The van der Waals surface area contributed by atoms with Gasteiger partial charge in [0, 0.05) is 25.0 Å². The molecule has 0 atom stereocenters. The minimum atomic E-state index is 0.0728. The molecule has 29 heavy (non-hydrogen) atoms. The molecule has 0 bridgehead atoms. The number of likely N-dealkylation sites (tertiary alicyclic amines) is 1. The van der Waals surface area contributed by atoms with Crippen LogP contribution in [0.1, 0.15) is 35.2 Å². The molecule has 1 fully saturated rings. The number of carbonyl (C=O) groups excluding carboxylic acids is 1. The van der Waals surface area contributed by atoms with Gasteiger partial charge in [-0.1, -0.05) is 30.3 Å². The minimum Gasteiger partial charge on any atom is -0.489 e. The van der Waals surface area contributed by atoms with Crippen LogP contribution in [0.3, 0.4) is 0 Å². The van der Waals surface area contributed by atoms with Crippen LogP contribution in [0, 0.1) is 0 Å². The number of ether oxygens (including phenoxy) is 1. The van der Waals surface area contributed by atoms with Crippen molar-refractivity contribution in [3.63, 3.8) is 0 Å². The van der Waals surface area contributed by atoms with Gasteiger partial charge in [0.15, 0.2) is 0 Å². The number of anilines is 2. The number of carbonyl (C=O) groups is 1. The zero-order valence-corrected chi connectivity index (χ0v) is 16.4. The maximum atomic E-state index is 12.5. The molecule has 1 aliphatic rings. The molecule has 0 unspecified atom stereocenters. The molecule has 1 saturated heterocycles. The van der Waals surface area contributed by atoms with Gasteiger partial charge in [-0.25, -0.2) is 4.98 Å². The van der Waals surface area contributed by atoms with Crippen molar-refractivity contribution in [3.8, 4) is 5.75 Å². The smallest absolute Gasteiger partial charge is 0.255 e. The van der Waals surface area contributed by atoms with Gasteiger partial charge in [0.05, 0.1) is 5.56 Å². The summed E-state index contributed by atoms with van der Waals surface area (Å²) in [5, 5.41) is 3.26. The lowest BCUT2D eigenvalue weighted by atomic mass is 10.1. The predicted octanol–water partition coefficient (Wildman–Crippen LogP) is 5.03. The Hall–Kier alpha value is -3.34. The first-order valence-electron chi connectivity index (χ1n) is 10.1. The standard InChI is InChI=1S/C24H25N3O2/c28-24(27-15-5-2-6-16-27)20-9-14-23(25-17-20)26-21-10-12-22(13-11-21)29-18-19-7-3-1-4-8-19/h1,3-4,7-14,17H,2,5-6,15-16,18H2,(H,25,26). The minimum absolute atomic E-state index is 0.0728. The van der Waals surface area contributed by atoms with Gasteiger partial charge in [-0.05, 0) is 61.2 Å². The van der Waals surface area contributed by atoms with Crippen LogP contribution in [-0.2, 0) is 6.61 Å². The molecule has 1 amide bonds. The summed E-state index contributed by atoms with van der Waals surface area (Å²) in [6.07, 6.45) is 5.03. The molecule has 1 aromatic heterocycles. The summed E-state index contributed by atoms with van der Waals surface area (Å²) in [4.78, 5) is 18.8. The van der Waals surface area contributed by atoms with E-state index >= 15 is 0 Å². The zero-order chi connectivity index (χ0) is 19.9. The highest BCUT2D eigenvalue weighted by Gasteiger charge is 2.18. The maximum Gasteiger partial charge on any atom is 0.255 e. The van der Waals surface area contributed by atoms with Crippen molar-refractivity contribution >= 4 is 17.4 Å². The summed E-state index contributed by atoms with van der Waals surface area (Å²) < 4.78 is 5.81. The van der Waals surface area contributed by atoms with Crippen molar-refractivity contribution in [2.75, 3.05) is 18.4 Å². The summed E-state index contributed by atoms with van der Waals surface area (Å²) in [5.74, 6) is 1.59. The Labute approximate surface area is 171 Å². The second-order valence-corrected chi connectivity index (χ2v) is 7.21. The first-order valence-corrected chi connectivity index (χ1v) is 10.1. The number of rotatable bonds is 6. The number of amides is 1. The molecule has 1 aliphatic heterocycles. The third kappa shape index (κ3) is 5.13. The Morgan fingerprint density at radius 3 is 2.38 bits per heavy atom. The molecule has 0 radical (unpaired) electrons. The van der Waals surface area contributed by atoms with Crippen molar-refractivity contribution < 1.29 is 9.53 Å². The largest absolute Gasteiger partial charge is 0.489 e. The monoisotopic (exact) mass is 387 g/mol. The van der Waals surface area contributed by atoms with Crippen molar-refractivity contribution in [1.29, 1.82) is 0 Å². The molecular weight excluding hydrogens is 362 g/mol. The van der Waals surface area contributed by atoms with Crippen molar-refractivity contribution in [1.82, 2.24) is 9.88 Å². The summed E-state index contributed by atoms with van der Waals surface area (Å²) in [6.45, 7) is 2.23. The van der Waals surface area contributed by atoms with Crippen LogP contribution in [0.2, 0.25) is 0 Å². The van der Waals surface area contributed by atoms with E-state index < -0.39 is 0 Å². The first-order chi connectivity index (χ1) is 14.3. The Morgan fingerprint density at radius 1 is 0.931 bits per heavy atom. The SMILES string of the molecule is O=C(c1ccc(Nc2ccc(OCc3ccccc3)cc2)nc1)N1CCCCC1. The summed E-state index contributed by atoms with van der Waals surface area (Å²) >= 11 is 0. The number of nitrogens with zero attached hydrogens (tertiary/aromatic N) is 2. The van der Waals surface area contributed by atoms with E-state index in [1.165, 1.54) is 6.42 Å². The zero-order valence-electron chi connectivity index (χ0n) is 16.4. The summed E-state index contributed by atoms with van der Waals surface area (Å²) in [6, 6.07) is 21.5. The fourth-order valence-corrected chi connectivity index (χ4v) is 3.40. The van der Waals surface area contributed by atoms with Gasteiger partial charge in [-0.2, -0.15) is 0 Å². The number of aromatic nitrogens is 1. The molecule has 5 nitrogen and oxygen atoms in total. The van der Waals surface area contributed by atoms with Gasteiger partial charge in [0.2, 0.25) is 0 Å². The number of pyridine rings is 1. The normalized spacial score (nSPS) is 13.7. The fourth-order valence-electron chi connectivity index (χ4n) is 3.40. The van der Waals surface area contributed by atoms with Crippen LogP contribution in [0.4, 0.5) is 11.5 Å². The van der Waals surface area contributed by atoms with Crippen LogP contribution >= 0.6 is 0 Å². The lowest BCUT2D eigenvalue weighted by Crippen LogP contribution is -2.35. The van der Waals surface area contributed by atoms with Gasteiger partial charge in [-0.3, -0.25) is 4.79 Å². The number of hydrogen-bond donors (Lipinski definition) is 1. The van der Waals surface area contributed by atoms with Crippen LogP contribution in [0.25, 0.3) is 0 Å². The molecule has 4 rings (SSSR count). The highest BCUT2D eigenvalue weighted by atomic mass is 16.5. The van der Waals surface area contributed by atoms with Crippen LogP contribution in [0.5, 0.6) is 5.75 Å². The van der Waals surface area contributed by atoms with E-state index in [4.69, 9.17) is 4.74 Å². The average Bonchev–Trinajstić information content (AvgIpc) is 2.80. The van der Waals surface area contributed by atoms with Gasteiger partial charge in [-0.15, -0.1) is 0 Å². The average molecular weight is 387 g/mol. The third-order valence-electron chi connectivity index (χ3n) is 5.03. The van der Waals surface area contributed by atoms with Gasteiger partial charge < -0.3 is 15.0 Å². The van der Waals surface area contributed by atoms with Crippen molar-refractivity contribution in [2.45, 2.75) is 25.9 Å². The fraction of sp³-hybridized carbons (Fsp3) is 0.250. The molecule has 2 aromatic carbocycles. The van der Waals surface area contributed by atoms with E-state index in [-0.39, 0.29) is 5.91 Å². The molecule has 3 aromatic rings. The molecule has 5 heteroatoms. The Kier molecular flexibility index (Phi) is 6.05. The molecule has 0 saturated carbocycles. The lowest BCUT2D eigenvalue weighted by molar-refractivity contribution is 0.0724. The van der Waals surface area contributed by atoms with E-state index in [0.29, 0.717) is 18.0 Å². The second kappa shape index (κ2) is 9.24. The highest BCUT2D eigenvalue weighted by Crippen LogP contribution is 2.20. The molecular formula is C24H25N3O2. The van der Waals surface area contributed by atoms with Crippen LogP contribution in [0.15, 0.2) is 72.9 Å². The van der Waals surface area contributed by atoms with E-state index in [9.17, 15) is 4.79 Å². The second-order valence-electron chi connectivity index (χ2n) is 7.21. The Balaban J connectivity index is 1.32. The van der Waals surface area contributed by atoms with Gasteiger partial charge >= 0.3 is 0 Å². The Morgan fingerprint density at radius 2 is 1.69 bits per heavy atom. The Bertz CT molecular complexity index is 919. The number of benzene rings is 2. The third-order valence-corrected chi connectivity index (χ3v) is 5.03. The number of piperidine rings is 1. The quantitative estimate of drug-likeness (QED) is 0.644. The molecule has 1 N–H and O–H groups in total. The van der Waals surface area contributed by atoms with Crippen molar-refractivity contribution in [3.05, 3.63) is 84.1 Å². The molecule has 148 valence electrons. The number of hydrogen-bond acceptors (Lipinski definition) is 4. The van der Waals surface area contributed by atoms with E-state index in [1.54, 1.807) is 6.20 Å². The molecule has 2 heterocycles. The van der Waals surface area contributed by atoms with Crippen molar-refractivity contribution in [2.24, 2.45) is 0 Å². The topological polar surface area (TPSA) is 54.5 Å². The van der Waals surface area contributed by atoms with E-state index in [1.807, 2.05) is 71.6 Å². The highest BCUT2D eigenvalue weighted by molar-refractivity contribution is 5.94. The lowest BCUT2D eigenvalue weighted by Gasteiger charge is -2.26. The summed E-state index contributed by atoms with van der Waals surface area (Å²) in [5.41, 5.74) is 2.69. The summed E-state index contributed by atoms with van der Waals surface area (Å²) in [7, 11) is 0. The van der Waals surface area contributed by atoms with Gasteiger partial charge in [0.25, 0.3) is 5.91 Å². The van der Waals surface area contributed by atoms with Crippen LogP contribution in [-0.4, -0.2) is 28.9 Å². The molecule has 0 spiro atoms. The van der Waals surface area contributed by atoms with Gasteiger partial charge in [0.1, 0.15) is 18.2 Å². The number of nitrogens with one attached hydrogen (secondary N) is 1. The van der Waals surface area contributed by atoms with E-state index in [0.717, 1.165) is 42.9 Å². The molecule has 0 aliphatic carbocycles. The van der Waals surface area contributed by atoms with Crippen LogP contribution < -0.4 is 10.1 Å². The predicted molar refractivity (Wildman–Crippen MR) is 114 cm³/mol. The first kappa shape index (κ1) is 19.0. The maximum absolute atomic E-state index is 12.5. The van der Waals surface area contributed by atoms with E-state index in [2.05, 4.69) is 10.3 Å².